The van der Waals surface area contributed by atoms with Crippen LogP contribution in [0.1, 0.15) is 16.6 Å². The van der Waals surface area contributed by atoms with Crippen LogP contribution < -0.4 is 19.5 Å². The van der Waals surface area contributed by atoms with Crippen molar-refractivity contribution in [1.29, 1.82) is 0 Å². The first-order chi connectivity index (χ1) is 14.2. The molecule has 1 N–H and O–H groups in total. The van der Waals surface area contributed by atoms with E-state index in [0.717, 1.165) is 17.1 Å². The Morgan fingerprint density at radius 1 is 1.07 bits per heavy atom. The summed E-state index contributed by atoms with van der Waals surface area (Å²) in [6.07, 6.45) is 2.06. The van der Waals surface area contributed by atoms with E-state index in [-0.39, 0.29) is 12.1 Å². The first kappa shape index (κ1) is 19.2. The number of nitrogens with one attached hydrogen (secondary N) is 1. The van der Waals surface area contributed by atoms with Gasteiger partial charge in [-0.2, -0.15) is 0 Å². The molecule has 0 fully saturated rings. The highest BCUT2D eigenvalue weighted by molar-refractivity contribution is 7.10. The predicted octanol–water partition coefficient (Wildman–Crippen LogP) is 4.21. The average Bonchev–Trinajstić information content (AvgIpc) is 3.43. The van der Waals surface area contributed by atoms with Crippen molar-refractivity contribution in [3.63, 3.8) is 0 Å². The van der Waals surface area contributed by atoms with Gasteiger partial charge in [0.1, 0.15) is 6.04 Å². The number of thiophene rings is 1. The van der Waals surface area contributed by atoms with Crippen LogP contribution in [0.3, 0.4) is 0 Å². The van der Waals surface area contributed by atoms with E-state index in [1.807, 2.05) is 22.4 Å². The first-order valence-corrected chi connectivity index (χ1v) is 10.1. The summed E-state index contributed by atoms with van der Waals surface area (Å²) in [7, 11) is 4.65. The number of ether oxygens (including phenoxy) is 3. The van der Waals surface area contributed by atoms with Crippen LogP contribution in [0.25, 0.3) is 0 Å². The molecule has 4 rings (SSSR count). The molecule has 0 saturated carbocycles. The highest BCUT2D eigenvalue weighted by atomic mass is 32.1. The Labute approximate surface area is 173 Å². The molecule has 152 valence electrons. The van der Waals surface area contributed by atoms with E-state index in [1.54, 1.807) is 44.8 Å². The zero-order chi connectivity index (χ0) is 20.4. The lowest BCUT2D eigenvalue weighted by molar-refractivity contribution is 0.183. The largest absolute Gasteiger partial charge is 0.493 e. The normalized spacial score (nSPS) is 15.6. The molecule has 1 atom stereocenters. The van der Waals surface area contributed by atoms with Crippen molar-refractivity contribution < 1.29 is 19.0 Å². The van der Waals surface area contributed by atoms with Crippen LogP contribution in [-0.2, 0) is 6.54 Å². The van der Waals surface area contributed by atoms with Gasteiger partial charge in [-0.25, -0.2) is 4.79 Å². The summed E-state index contributed by atoms with van der Waals surface area (Å²) >= 11 is 1.65. The van der Waals surface area contributed by atoms with Gasteiger partial charge in [-0.05, 0) is 23.6 Å². The summed E-state index contributed by atoms with van der Waals surface area (Å²) < 4.78 is 18.3. The quantitative estimate of drug-likeness (QED) is 0.680. The molecule has 2 aromatic heterocycles. The van der Waals surface area contributed by atoms with E-state index in [0.29, 0.717) is 29.5 Å². The molecule has 3 aromatic rings. The third-order valence-corrected chi connectivity index (χ3v) is 5.95. The van der Waals surface area contributed by atoms with Crippen LogP contribution in [0.15, 0.2) is 48.0 Å². The molecule has 29 heavy (non-hydrogen) atoms. The number of hydrogen-bond donors (Lipinski definition) is 1. The molecule has 0 bridgehead atoms. The van der Waals surface area contributed by atoms with E-state index >= 15 is 0 Å². The summed E-state index contributed by atoms with van der Waals surface area (Å²) in [4.78, 5) is 16.3. The molecule has 1 unspecified atom stereocenters. The Balaban J connectivity index is 1.64. The number of rotatable bonds is 5. The van der Waals surface area contributed by atoms with Crippen molar-refractivity contribution >= 4 is 23.1 Å². The lowest BCUT2D eigenvalue weighted by Gasteiger charge is -2.36. The number of nitrogens with zero attached hydrogens (tertiary/aromatic N) is 2. The van der Waals surface area contributed by atoms with Crippen molar-refractivity contribution in [1.82, 2.24) is 9.47 Å². The average molecular weight is 413 g/mol. The topological polar surface area (TPSA) is 65.0 Å². The van der Waals surface area contributed by atoms with Gasteiger partial charge in [0.25, 0.3) is 0 Å². The molecule has 3 heterocycles. The minimum Gasteiger partial charge on any atom is -0.493 e. The fraction of sp³-hybridized carbons (Fsp3) is 0.286. The van der Waals surface area contributed by atoms with Crippen molar-refractivity contribution in [2.75, 3.05) is 33.2 Å². The van der Waals surface area contributed by atoms with Gasteiger partial charge < -0.3 is 29.0 Å². The maximum Gasteiger partial charge on any atom is 0.322 e. The molecule has 1 aliphatic rings. The molecule has 1 aromatic carbocycles. The van der Waals surface area contributed by atoms with E-state index in [1.165, 1.54) is 0 Å². The van der Waals surface area contributed by atoms with Crippen molar-refractivity contribution in [3.8, 4) is 17.2 Å². The predicted molar refractivity (Wildman–Crippen MR) is 112 cm³/mol. The number of urea groups is 1. The minimum atomic E-state index is -0.176. The molecule has 8 heteroatoms. The fourth-order valence-corrected chi connectivity index (χ4v) is 4.55. The number of hydrogen-bond acceptors (Lipinski definition) is 5. The molecular formula is C21H23N3O4S. The fourth-order valence-electron chi connectivity index (χ4n) is 3.70. The van der Waals surface area contributed by atoms with Crippen LogP contribution in [0.4, 0.5) is 10.5 Å². The Hall–Kier alpha value is -3.13. The molecule has 2 amide bonds. The summed E-state index contributed by atoms with van der Waals surface area (Å²) in [5, 5.41) is 5.03. The van der Waals surface area contributed by atoms with Crippen molar-refractivity contribution in [2.24, 2.45) is 0 Å². The van der Waals surface area contributed by atoms with Crippen LogP contribution in [-0.4, -0.2) is 43.4 Å². The molecular weight excluding hydrogens is 390 g/mol. The molecule has 0 aliphatic carbocycles. The Morgan fingerprint density at radius 2 is 1.83 bits per heavy atom. The van der Waals surface area contributed by atoms with Gasteiger partial charge in [0.2, 0.25) is 5.75 Å². The minimum absolute atomic E-state index is 0.124. The van der Waals surface area contributed by atoms with E-state index in [4.69, 9.17) is 14.2 Å². The molecule has 0 radical (unpaired) electrons. The molecule has 1 aliphatic heterocycles. The van der Waals surface area contributed by atoms with E-state index in [9.17, 15) is 4.79 Å². The number of aromatic nitrogens is 1. The number of carbonyl (C=O) groups excluding carboxylic acids is 1. The van der Waals surface area contributed by atoms with Crippen LogP contribution in [0.2, 0.25) is 0 Å². The summed E-state index contributed by atoms with van der Waals surface area (Å²) in [6, 6.07) is 11.3. The van der Waals surface area contributed by atoms with Gasteiger partial charge in [0.15, 0.2) is 11.5 Å². The van der Waals surface area contributed by atoms with Gasteiger partial charge >= 0.3 is 6.03 Å². The third kappa shape index (κ3) is 3.51. The van der Waals surface area contributed by atoms with Gasteiger partial charge in [-0.3, -0.25) is 0 Å². The second-order valence-electron chi connectivity index (χ2n) is 6.58. The second kappa shape index (κ2) is 8.08. The number of carbonyl (C=O) groups is 1. The van der Waals surface area contributed by atoms with Gasteiger partial charge in [0, 0.05) is 42.0 Å². The van der Waals surface area contributed by atoms with E-state index in [2.05, 4.69) is 28.2 Å². The van der Waals surface area contributed by atoms with Crippen LogP contribution in [0.5, 0.6) is 17.2 Å². The van der Waals surface area contributed by atoms with E-state index < -0.39 is 0 Å². The van der Waals surface area contributed by atoms with Crippen LogP contribution in [0, 0.1) is 0 Å². The molecule has 0 spiro atoms. The zero-order valence-corrected chi connectivity index (χ0v) is 17.4. The number of methoxy groups -OCH3 is 3. The zero-order valence-electron chi connectivity index (χ0n) is 16.5. The summed E-state index contributed by atoms with van der Waals surface area (Å²) in [5.41, 5.74) is 1.69. The maximum absolute atomic E-state index is 13.3. The van der Waals surface area contributed by atoms with Gasteiger partial charge in [-0.15, -0.1) is 11.3 Å². The Kier molecular flexibility index (Phi) is 5.35. The summed E-state index contributed by atoms with van der Waals surface area (Å²) in [5.74, 6) is 1.47. The maximum atomic E-state index is 13.3. The number of fused-ring (bicyclic) bond motifs is 1. The van der Waals surface area contributed by atoms with Gasteiger partial charge in [-0.1, -0.05) is 6.07 Å². The van der Waals surface area contributed by atoms with Gasteiger partial charge in [0.05, 0.1) is 27.0 Å². The SMILES string of the molecule is COc1cc(NC(=O)N2CCn3cccc3C2c2cccs2)cc(OC)c1OC. The standard InChI is InChI=1S/C21H23N3O4S/c1-26-16-12-14(13-17(27-2)20(16)28-3)22-21(25)24-10-9-23-8-4-6-15(23)19(24)18-7-5-11-29-18/h4-8,11-13,19H,9-10H2,1-3H3,(H,22,25). The van der Waals surface area contributed by atoms with Crippen LogP contribution >= 0.6 is 11.3 Å². The number of anilines is 1. The van der Waals surface area contributed by atoms with Crippen molar-refractivity contribution in [3.05, 3.63) is 58.5 Å². The highest BCUT2D eigenvalue weighted by Gasteiger charge is 2.33. The monoisotopic (exact) mass is 413 g/mol. The summed E-state index contributed by atoms with van der Waals surface area (Å²) in [6.45, 7) is 1.37. The Bertz CT molecular complexity index is 974. The molecule has 0 saturated heterocycles. The lowest BCUT2D eigenvalue weighted by atomic mass is 10.1. The second-order valence-corrected chi connectivity index (χ2v) is 7.56. The smallest absolute Gasteiger partial charge is 0.322 e. The number of benzene rings is 1. The number of amides is 2. The lowest BCUT2D eigenvalue weighted by Crippen LogP contribution is -2.44. The Morgan fingerprint density at radius 3 is 2.45 bits per heavy atom. The first-order valence-electron chi connectivity index (χ1n) is 9.22. The van der Waals surface area contributed by atoms with Crippen molar-refractivity contribution in [2.45, 2.75) is 12.6 Å². The molecule has 7 nitrogen and oxygen atoms in total. The third-order valence-electron chi connectivity index (χ3n) is 5.03. The highest BCUT2D eigenvalue weighted by Crippen LogP contribution is 2.40.